The lowest BCUT2D eigenvalue weighted by atomic mass is 10.1. The van der Waals surface area contributed by atoms with Gasteiger partial charge in [0.1, 0.15) is 0 Å². The third kappa shape index (κ3) is 4.95. The Kier molecular flexibility index (Phi) is 5.43. The molecule has 1 aromatic rings. The third-order valence-electron chi connectivity index (χ3n) is 2.32. The average Bonchev–Trinajstić information content (AvgIpc) is 2.35. The van der Waals surface area contributed by atoms with E-state index in [1.54, 1.807) is 0 Å². The largest absolute Gasteiger partial charge is 0.478 e. The van der Waals surface area contributed by atoms with Crippen molar-refractivity contribution in [3.8, 4) is 0 Å². The van der Waals surface area contributed by atoms with Crippen LogP contribution < -0.4 is 4.72 Å². The van der Waals surface area contributed by atoms with Gasteiger partial charge < -0.3 is 15.3 Å². The molecule has 0 heterocycles. The molecule has 0 atom stereocenters. The Morgan fingerprint density at radius 2 is 1.89 bits per heavy atom. The Bertz CT molecular complexity index is 538. The van der Waals surface area contributed by atoms with Crippen LogP contribution >= 0.6 is 0 Å². The maximum Gasteiger partial charge on any atom is 0.335 e. The van der Waals surface area contributed by atoms with Crippen molar-refractivity contribution in [2.24, 2.45) is 0 Å². The van der Waals surface area contributed by atoms with Crippen LogP contribution in [0.4, 0.5) is 0 Å². The van der Waals surface area contributed by atoms with Gasteiger partial charge >= 0.3 is 5.97 Å². The van der Waals surface area contributed by atoms with Crippen LogP contribution in [0.1, 0.15) is 15.9 Å². The van der Waals surface area contributed by atoms with Gasteiger partial charge in [-0.15, -0.1) is 0 Å². The van der Waals surface area contributed by atoms with Crippen molar-refractivity contribution < 1.29 is 28.5 Å². The van der Waals surface area contributed by atoms with Gasteiger partial charge in [-0.05, 0) is 17.7 Å². The van der Waals surface area contributed by atoms with Crippen LogP contribution in [0.5, 0.6) is 0 Å². The molecule has 0 aliphatic heterocycles. The normalized spacial score (nSPS) is 11.7. The molecule has 1 rings (SSSR count). The minimum Gasteiger partial charge on any atom is -0.478 e. The van der Waals surface area contributed by atoms with Crippen LogP contribution in [0.3, 0.4) is 0 Å². The monoisotopic (exact) mass is 289 g/mol. The lowest BCUT2D eigenvalue weighted by molar-refractivity contribution is 0.0696. The quantitative estimate of drug-likeness (QED) is 0.519. The summed E-state index contributed by atoms with van der Waals surface area (Å²) in [5, 5.41) is 26.4. The fraction of sp³-hybridized carbons (Fsp3) is 0.364. The van der Waals surface area contributed by atoms with E-state index in [2.05, 4.69) is 4.72 Å². The van der Waals surface area contributed by atoms with Gasteiger partial charge in [-0.2, -0.15) is 0 Å². The number of carbonyl (C=O) groups is 1. The number of aliphatic hydroxyl groups excluding tert-OH is 2. The molecule has 0 saturated heterocycles. The van der Waals surface area contributed by atoms with Gasteiger partial charge in [0, 0.05) is 0 Å². The SMILES string of the molecule is O=C(O)c1cccc(CS(=O)(=O)NC(CO)CO)c1. The van der Waals surface area contributed by atoms with Gasteiger partial charge in [-0.1, -0.05) is 12.1 Å². The van der Waals surface area contributed by atoms with Gasteiger partial charge in [0.25, 0.3) is 0 Å². The van der Waals surface area contributed by atoms with Crippen molar-refractivity contribution in [1.29, 1.82) is 0 Å². The van der Waals surface area contributed by atoms with E-state index >= 15 is 0 Å². The predicted octanol–water partition coefficient (Wildman–Crippen LogP) is -0.843. The summed E-state index contributed by atoms with van der Waals surface area (Å²) in [6.45, 7) is -1.05. The highest BCUT2D eigenvalue weighted by atomic mass is 32.2. The summed E-state index contributed by atoms with van der Waals surface area (Å²) in [5.74, 6) is -1.57. The summed E-state index contributed by atoms with van der Waals surface area (Å²) in [5.41, 5.74) is 0.301. The van der Waals surface area contributed by atoms with E-state index in [4.69, 9.17) is 15.3 Å². The lowest BCUT2D eigenvalue weighted by Crippen LogP contribution is -2.40. The molecule has 0 aliphatic carbocycles. The van der Waals surface area contributed by atoms with Crippen molar-refractivity contribution in [2.75, 3.05) is 13.2 Å². The second-order valence-electron chi connectivity index (χ2n) is 3.94. The first-order valence-electron chi connectivity index (χ1n) is 5.42. The maximum atomic E-state index is 11.7. The third-order valence-corrected chi connectivity index (χ3v) is 3.72. The second-order valence-corrected chi connectivity index (χ2v) is 5.70. The zero-order chi connectivity index (χ0) is 14.5. The van der Waals surface area contributed by atoms with E-state index in [1.807, 2.05) is 0 Å². The van der Waals surface area contributed by atoms with Crippen LogP contribution in [0.15, 0.2) is 24.3 Å². The van der Waals surface area contributed by atoms with E-state index in [0.717, 1.165) is 0 Å². The summed E-state index contributed by atoms with van der Waals surface area (Å²) in [6, 6.07) is 4.58. The van der Waals surface area contributed by atoms with Crippen molar-refractivity contribution >= 4 is 16.0 Å². The van der Waals surface area contributed by atoms with E-state index in [0.29, 0.717) is 5.56 Å². The molecule has 0 unspecified atom stereocenters. The predicted molar refractivity (Wildman–Crippen MR) is 67.1 cm³/mol. The molecule has 1 aromatic carbocycles. The van der Waals surface area contributed by atoms with Gasteiger partial charge in [0.05, 0.1) is 30.6 Å². The number of aromatic carboxylic acids is 1. The molecule has 19 heavy (non-hydrogen) atoms. The fourth-order valence-electron chi connectivity index (χ4n) is 1.44. The zero-order valence-electron chi connectivity index (χ0n) is 9.98. The number of carboxylic acid groups (broad SMARTS) is 1. The van der Waals surface area contributed by atoms with Crippen LogP contribution in [0, 0.1) is 0 Å². The van der Waals surface area contributed by atoms with Gasteiger partial charge in [-0.3, -0.25) is 0 Å². The lowest BCUT2D eigenvalue weighted by Gasteiger charge is -2.13. The van der Waals surface area contributed by atoms with Crippen LogP contribution in [0.25, 0.3) is 0 Å². The summed E-state index contributed by atoms with van der Waals surface area (Å²) in [4.78, 5) is 10.8. The average molecular weight is 289 g/mol. The molecule has 4 N–H and O–H groups in total. The highest BCUT2D eigenvalue weighted by Gasteiger charge is 2.17. The molecular weight excluding hydrogens is 274 g/mol. The first kappa shape index (κ1) is 15.6. The molecule has 0 aliphatic rings. The number of rotatable bonds is 7. The van der Waals surface area contributed by atoms with Crippen molar-refractivity contribution in [3.63, 3.8) is 0 Å². The maximum absolute atomic E-state index is 11.7. The number of hydrogen-bond donors (Lipinski definition) is 4. The molecule has 0 amide bonds. The standard InChI is InChI=1S/C11H15NO6S/c13-5-10(6-14)12-19(17,18)7-8-2-1-3-9(4-8)11(15)16/h1-4,10,12-14H,5-7H2,(H,15,16). The number of sulfonamides is 1. The molecule has 0 aromatic heterocycles. The molecule has 106 valence electrons. The van der Waals surface area contributed by atoms with Crippen LogP contribution in [0.2, 0.25) is 0 Å². The molecule has 8 heteroatoms. The zero-order valence-corrected chi connectivity index (χ0v) is 10.8. The summed E-state index contributed by atoms with van der Waals surface area (Å²) in [7, 11) is -3.76. The highest BCUT2D eigenvalue weighted by molar-refractivity contribution is 7.88. The highest BCUT2D eigenvalue weighted by Crippen LogP contribution is 2.09. The number of carboxylic acids is 1. The number of aliphatic hydroxyl groups is 2. The Hall–Kier alpha value is -1.48. The Balaban J connectivity index is 2.83. The topological polar surface area (TPSA) is 124 Å². The molecule has 0 spiro atoms. The molecular formula is C11H15NO6S. The second kappa shape index (κ2) is 6.62. The Morgan fingerprint density at radius 3 is 2.42 bits per heavy atom. The molecule has 0 fully saturated rings. The summed E-state index contributed by atoms with van der Waals surface area (Å²) >= 11 is 0. The van der Waals surface area contributed by atoms with Gasteiger partial charge in [0.15, 0.2) is 0 Å². The Labute approximate surface area is 110 Å². The summed E-state index contributed by atoms with van der Waals surface area (Å²) < 4.78 is 25.6. The smallest absolute Gasteiger partial charge is 0.335 e. The van der Waals surface area contributed by atoms with E-state index in [-0.39, 0.29) is 5.56 Å². The first-order chi connectivity index (χ1) is 8.88. The minimum absolute atomic E-state index is 0.00596. The molecule has 0 bridgehead atoms. The Morgan fingerprint density at radius 1 is 1.26 bits per heavy atom. The molecule has 7 nitrogen and oxygen atoms in total. The molecule has 0 radical (unpaired) electrons. The minimum atomic E-state index is -3.76. The van der Waals surface area contributed by atoms with Gasteiger partial charge in [0.2, 0.25) is 10.0 Å². The molecule has 0 saturated carbocycles. The number of hydrogen-bond acceptors (Lipinski definition) is 5. The van der Waals surface area contributed by atoms with E-state index in [9.17, 15) is 13.2 Å². The van der Waals surface area contributed by atoms with Crippen LogP contribution in [-0.2, 0) is 15.8 Å². The first-order valence-corrected chi connectivity index (χ1v) is 7.07. The van der Waals surface area contributed by atoms with Gasteiger partial charge in [-0.25, -0.2) is 17.9 Å². The van der Waals surface area contributed by atoms with Crippen molar-refractivity contribution in [2.45, 2.75) is 11.8 Å². The van der Waals surface area contributed by atoms with Crippen LogP contribution in [-0.4, -0.2) is 49.0 Å². The number of benzene rings is 1. The fourth-order valence-corrected chi connectivity index (χ4v) is 2.80. The van der Waals surface area contributed by atoms with Crippen molar-refractivity contribution in [3.05, 3.63) is 35.4 Å². The van der Waals surface area contributed by atoms with E-state index in [1.165, 1.54) is 24.3 Å². The van der Waals surface area contributed by atoms with Crippen molar-refractivity contribution in [1.82, 2.24) is 4.72 Å². The van der Waals surface area contributed by atoms with E-state index < -0.39 is 41.0 Å². The summed E-state index contributed by atoms with van der Waals surface area (Å²) in [6.07, 6.45) is 0. The number of nitrogens with one attached hydrogen (secondary N) is 1.